The zero-order chi connectivity index (χ0) is 14.0. The van der Waals surface area contributed by atoms with Crippen LogP contribution < -0.4 is 5.32 Å². The van der Waals surface area contributed by atoms with Crippen molar-refractivity contribution in [2.75, 3.05) is 5.32 Å². The molecule has 19 heavy (non-hydrogen) atoms. The summed E-state index contributed by atoms with van der Waals surface area (Å²) >= 11 is 7.34. The Hall–Kier alpha value is -1.59. The lowest BCUT2D eigenvalue weighted by Gasteiger charge is -2.14. The van der Waals surface area contributed by atoms with Crippen LogP contribution >= 0.6 is 22.9 Å². The molecule has 4 nitrogen and oxygen atoms in total. The average molecular weight is 297 g/mol. The summed E-state index contributed by atoms with van der Waals surface area (Å²) in [6.45, 7) is 3.78. The fourth-order valence-electron chi connectivity index (χ4n) is 1.78. The number of anilines is 1. The monoisotopic (exact) mass is 296 g/mol. The van der Waals surface area contributed by atoms with Gasteiger partial charge in [0.2, 0.25) is 0 Å². The quantitative estimate of drug-likeness (QED) is 0.652. The van der Waals surface area contributed by atoms with Crippen LogP contribution in [-0.2, 0) is 0 Å². The molecule has 1 aromatic heterocycles. The van der Waals surface area contributed by atoms with E-state index in [0.717, 1.165) is 11.1 Å². The molecule has 0 amide bonds. The average Bonchev–Trinajstić information content (AvgIpc) is 2.78. The van der Waals surface area contributed by atoms with Gasteiger partial charge in [-0.25, -0.2) is 0 Å². The molecule has 100 valence electrons. The third-order valence-electron chi connectivity index (χ3n) is 2.81. The fourth-order valence-corrected chi connectivity index (χ4v) is 2.77. The summed E-state index contributed by atoms with van der Waals surface area (Å²) in [5.74, 6) is 0. The van der Waals surface area contributed by atoms with E-state index in [-0.39, 0.29) is 16.7 Å². The largest absolute Gasteiger partial charge is 0.373 e. The summed E-state index contributed by atoms with van der Waals surface area (Å²) < 4.78 is 0.710. The number of hydrogen-bond acceptors (Lipinski definition) is 4. The van der Waals surface area contributed by atoms with Gasteiger partial charge < -0.3 is 5.32 Å². The number of rotatable bonds is 4. The van der Waals surface area contributed by atoms with E-state index < -0.39 is 0 Å². The minimum Gasteiger partial charge on any atom is -0.373 e. The first-order chi connectivity index (χ1) is 8.97. The van der Waals surface area contributed by atoms with Crippen molar-refractivity contribution in [1.82, 2.24) is 0 Å². The lowest BCUT2D eigenvalue weighted by molar-refractivity contribution is -0.384. The molecule has 0 saturated heterocycles. The van der Waals surface area contributed by atoms with Crippen molar-refractivity contribution in [2.45, 2.75) is 19.9 Å². The second kappa shape index (κ2) is 5.59. The highest BCUT2D eigenvalue weighted by Gasteiger charge is 2.16. The van der Waals surface area contributed by atoms with Gasteiger partial charge in [-0.15, -0.1) is 11.3 Å². The first-order valence-electron chi connectivity index (χ1n) is 5.73. The highest BCUT2D eigenvalue weighted by molar-refractivity contribution is 7.14. The van der Waals surface area contributed by atoms with Gasteiger partial charge in [0.1, 0.15) is 5.69 Å². The number of halogens is 1. The maximum atomic E-state index is 11.0. The standard InChI is InChI=1S/C13H13ClN2O2S/c1-8-3-4-11(12(5-8)16(17)18)15-9(2)10-6-13(14)19-7-10/h3-7,9,15H,1-2H3. The summed E-state index contributed by atoms with van der Waals surface area (Å²) in [5, 5.41) is 16.1. The van der Waals surface area contributed by atoms with E-state index in [2.05, 4.69) is 5.32 Å². The SMILES string of the molecule is Cc1ccc(NC(C)c2csc(Cl)c2)c([N+](=O)[O-])c1. The topological polar surface area (TPSA) is 55.2 Å². The van der Waals surface area contributed by atoms with Gasteiger partial charge >= 0.3 is 0 Å². The van der Waals surface area contributed by atoms with Crippen LogP contribution in [0, 0.1) is 17.0 Å². The zero-order valence-corrected chi connectivity index (χ0v) is 12.1. The second-order valence-corrected chi connectivity index (χ2v) is 5.87. The van der Waals surface area contributed by atoms with Crippen molar-refractivity contribution in [1.29, 1.82) is 0 Å². The molecule has 6 heteroatoms. The highest BCUT2D eigenvalue weighted by atomic mass is 35.5. The normalized spacial score (nSPS) is 12.2. The molecule has 1 heterocycles. The van der Waals surface area contributed by atoms with Crippen molar-refractivity contribution in [3.63, 3.8) is 0 Å². The molecular weight excluding hydrogens is 284 g/mol. The molecule has 0 radical (unpaired) electrons. The summed E-state index contributed by atoms with van der Waals surface area (Å²) in [6.07, 6.45) is 0. The lowest BCUT2D eigenvalue weighted by Crippen LogP contribution is -2.07. The van der Waals surface area contributed by atoms with Crippen LogP contribution in [0.4, 0.5) is 11.4 Å². The molecule has 0 aliphatic carbocycles. The maximum Gasteiger partial charge on any atom is 0.292 e. The molecule has 0 fully saturated rings. The number of nitrogens with zero attached hydrogens (tertiary/aromatic N) is 1. The van der Waals surface area contributed by atoms with Crippen LogP contribution in [0.25, 0.3) is 0 Å². The molecule has 1 N–H and O–H groups in total. The van der Waals surface area contributed by atoms with E-state index in [1.807, 2.05) is 31.4 Å². The molecule has 1 unspecified atom stereocenters. The number of benzene rings is 1. The van der Waals surface area contributed by atoms with Crippen LogP contribution in [0.5, 0.6) is 0 Å². The van der Waals surface area contributed by atoms with E-state index in [1.165, 1.54) is 11.3 Å². The molecule has 0 saturated carbocycles. The molecule has 0 aliphatic rings. The van der Waals surface area contributed by atoms with Gasteiger partial charge in [0.15, 0.2) is 0 Å². The van der Waals surface area contributed by atoms with Crippen LogP contribution in [0.2, 0.25) is 4.34 Å². The van der Waals surface area contributed by atoms with Crippen molar-refractivity contribution in [2.24, 2.45) is 0 Å². The van der Waals surface area contributed by atoms with Gasteiger partial charge in [-0.2, -0.15) is 0 Å². The minimum atomic E-state index is -0.372. The van der Waals surface area contributed by atoms with Gasteiger partial charge in [-0.05, 0) is 42.5 Å². The Labute approximate surface area is 120 Å². The van der Waals surface area contributed by atoms with E-state index in [0.29, 0.717) is 10.0 Å². The van der Waals surface area contributed by atoms with E-state index in [9.17, 15) is 10.1 Å². The Morgan fingerprint density at radius 3 is 2.74 bits per heavy atom. The van der Waals surface area contributed by atoms with Crippen molar-refractivity contribution >= 4 is 34.3 Å². The Morgan fingerprint density at radius 1 is 1.42 bits per heavy atom. The Bertz CT molecular complexity index is 612. The summed E-state index contributed by atoms with van der Waals surface area (Å²) in [5.41, 5.74) is 2.49. The van der Waals surface area contributed by atoms with E-state index >= 15 is 0 Å². The van der Waals surface area contributed by atoms with E-state index in [4.69, 9.17) is 11.6 Å². The summed E-state index contributed by atoms with van der Waals surface area (Å²) in [6, 6.07) is 6.98. The first-order valence-corrected chi connectivity index (χ1v) is 6.98. The molecule has 2 rings (SSSR count). The van der Waals surface area contributed by atoms with Crippen LogP contribution in [-0.4, -0.2) is 4.92 Å². The Morgan fingerprint density at radius 2 is 2.16 bits per heavy atom. The van der Waals surface area contributed by atoms with Gasteiger partial charge in [0.05, 0.1) is 9.26 Å². The maximum absolute atomic E-state index is 11.0. The number of nitro benzene ring substituents is 1. The van der Waals surface area contributed by atoms with Crippen molar-refractivity contribution in [3.05, 3.63) is 55.2 Å². The van der Waals surface area contributed by atoms with Crippen LogP contribution in [0.3, 0.4) is 0 Å². The predicted molar refractivity (Wildman–Crippen MR) is 79.2 cm³/mol. The van der Waals surface area contributed by atoms with Gasteiger partial charge in [-0.1, -0.05) is 17.7 Å². The zero-order valence-electron chi connectivity index (χ0n) is 10.5. The number of nitrogens with one attached hydrogen (secondary N) is 1. The minimum absolute atomic E-state index is 0.0369. The molecule has 0 aliphatic heterocycles. The molecule has 1 atom stereocenters. The summed E-state index contributed by atoms with van der Waals surface area (Å²) in [7, 11) is 0. The third-order valence-corrected chi connectivity index (χ3v) is 3.92. The molecular formula is C13H13ClN2O2S. The number of hydrogen-bond donors (Lipinski definition) is 1. The van der Waals surface area contributed by atoms with Gasteiger partial charge in [-0.3, -0.25) is 10.1 Å². The Balaban J connectivity index is 2.26. The Kier molecular flexibility index (Phi) is 4.07. The molecule has 0 spiro atoms. The number of nitro groups is 1. The van der Waals surface area contributed by atoms with E-state index in [1.54, 1.807) is 12.1 Å². The second-order valence-electron chi connectivity index (χ2n) is 4.33. The van der Waals surface area contributed by atoms with Crippen molar-refractivity contribution in [3.8, 4) is 0 Å². The molecule has 2 aromatic rings. The van der Waals surface area contributed by atoms with Gasteiger partial charge in [0.25, 0.3) is 5.69 Å². The molecule has 1 aromatic carbocycles. The fraction of sp³-hybridized carbons (Fsp3) is 0.231. The number of thiophene rings is 1. The lowest BCUT2D eigenvalue weighted by atomic mass is 10.1. The predicted octanol–water partition coefficient (Wildman–Crippen LogP) is 4.79. The molecule has 0 bridgehead atoms. The number of aryl methyl sites for hydroxylation is 1. The first kappa shape index (κ1) is 13.8. The van der Waals surface area contributed by atoms with Gasteiger partial charge in [0, 0.05) is 12.1 Å². The smallest absolute Gasteiger partial charge is 0.292 e. The summed E-state index contributed by atoms with van der Waals surface area (Å²) in [4.78, 5) is 10.7. The third kappa shape index (κ3) is 3.24. The van der Waals surface area contributed by atoms with Crippen molar-refractivity contribution < 1.29 is 4.92 Å². The van der Waals surface area contributed by atoms with Crippen LogP contribution in [0.1, 0.15) is 24.1 Å². The van der Waals surface area contributed by atoms with Crippen LogP contribution in [0.15, 0.2) is 29.6 Å². The highest BCUT2D eigenvalue weighted by Crippen LogP contribution is 2.31.